The standard InChI is InChI=1S/C25H25F2N5O/c1-18-17-20(31-15-11-25(26,27)12-16-31)7-8-22(18)32-14-10-23(33)24(30-32)21(9-13-28)29-19-5-3-2-4-6-19/h2-10,13-14,17H,11-12,15-16,28H2,1H3. The molecular formula is C25H25F2N5O. The van der Waals surface area contributed by atoms with Crippen molar-refractivity contribution in [3.8, 4) is 5.69 Å². The zero-order valence-electron chi connectivity index (χ0n) is 18.3. The third-order valence-electron chi connectivity index (χ3n) is 5.60. The molecule has 33 heavy (non-hydrogen) atoms. The molecule has 1 aromatic heterocycles. The van der Waals surface area contributed by atoms with Crippen molar-refractivity contribution in [1.82, 2.24) is 9.78 Å². The predicted octanol–water partition coefficient (Wildman–Crippen LogP) is 4.37. The Morgan fingerprint density at radius 3 is 2.52 bits per heavy atom. The Kier molecular flexibility index (Phi) is 6.35. The molecule has 170 valence electrons. The molecule has 2 N–H and O–H groups in total. The molecule has 0 amide bonds. The van der Waals surface area contributed by atoms with Gasteiger partial charge >= 0.3 is 0 Å². The Morgan fingerprint density at radius 2 is 1.85 bits per heavy atom. The van der Waals surface area contributed by atoms with E-state index in [0.717, 1.165) is 16.9 Å². The quantitative estimate of drug-likeness (QED) is 0.587. The molecule has 1 aliphatic rings. The molecule has 0 aliphatic carbocycles. The van der Waals surface area contributed by atoms with Crippen molar-refractivity contribution in [3.63, 3.8) is 0 Å². The summed E-state index contributed by atoms with van der Waals surface area (Å²) in [6.45, 7) is 2.56. The van der Waals surface area contributed by atoms with Gasteiger partial charge in [-0.2, -0.15) is 5.10 Å². The highest BCUT2D eigenvalue weighted by Crippen LogP contribution is 2.31. The first kappa shape index (κ1) is 22.4. The van der Waals surface area contributed by atoms with Gasteiger partial charge in [0.25, 0.3) is 5.92 Å². The fourth-order valence-electron chi connectivity index (χ4n) is 3.81. The van der Waals surface area contributed by atoms with Gasteiger partial charge in [-0.25, -0.2) is 18.5 Å². The van der Waals surface area contributed by atoms with Gasteiger partial charge in [0.05, 0.1) is 17.1 Å². The maximum Gasteiger partial charge on any atom is 0.251 e. The normalized spacial score (nSPS) is 16.3. The van der Waals surface area contributed by atoms with Crippen molar-refractivity contribution in [3.05, 3.63) is 94.6 Å². The summed E-state index contributed by atoms with van der Waals surface area (Å²) in [6.07, 6.45) is 4.18. The lowest BCUT2D eigenvalue weighted by Gasteiger charge is -2.33. The average Bonchev–Trinajstić information content (AvgIpc) is 2.80. The second kappa shape index (κ2) is 9.36. The number of aliphatic imine (C=N–C) groups is 1. The van der Waals surface area contributed by atoms with E-state index in [1.54, 1.807) is 17.0 Å². The molecule has 0 unspecified atom stereocenters. The molecule has 6 nitrogen and oxygen atoms in total. The second-order valence-corrected chi connectivity index (χ2v) is 7.98. The number of halogens is 2. The van der Waals surface area contributed by atoms with E-state index < -0.39 is 5.92 Å². The molecular weight excluding hydrogens is 424 g/mol. The summed E-state index contributed by atoms with van der Waals surface area (Å²) in [5.41, 5.74) is 9.10. The Balaban J connectivity index is 1.67. The molecule has 8 heteroatoms. The van der Waals surface area contributed by atoms with Crippen molar-refractivity contribution < 1.29 is 8.78 Å². The first-order chi connectivity index (χ1) is 15.9. The number of anilines is 1. The van der Waals surface area contributed by atoms with Crippen LogP contribution in [0, 0.1) is 6.92 Å². The van der Waals surface area contributed by atoms with Crippen LogP contribution in [0.25, 0.3) is 5.69 Å². The fourth-order valence-corrected chi connectivity index (χ4v) is 3.81. The van der Waals surface area contributed by atoms with Gasteiger partial charge in [0.1, 0.15) is 0 Å². The molecule has 0 bridgehead atoms. The van der Waals surface area contributed by atoms with Crippen molar-refractivity contribution in [2.45, 2.75) is 25.7 Å². The number of aromatic nitrogens is 2. The van der Waals surface area contributed by atoms with Crippen molar-refractivity contribution in [1.29, 1.82) is 0 Å². The van der Waals surface area contributed by atoms with Crippen LogP contribution in [0.2, 0.25) is 0 Å². The lowest BCUT2D eigenvalue weighted by molar-refractivity contribution is -0.0220. The Labute approximate surface area is 190 Å². The molecule has 1 fully saturated rings. The number of alkyl halides is 2. The molecule has 2 aromatic carbocycles. The SMILES string of the molecule is Cc1cc(N2CCC(F)(F)CC2)ccc1-n1ccc(=O)c(C(C=CN)=Nc2ccccc2)n1. The smallest absolute Gasteiger partial charge is 0.251 e. The van der Waals surface area contributed by atoms with Crippen molar-refractivity contribution in [2.75, 3.05) is 18.0 Å². The molecule has 3 aromatic rings. The summed E-state index contributed by atoms with van der Waals surface area (Å²) in [5, 5.41) is 4.53. The summed E-state index contributed by atoms with van der Waals surface area (Å²) >= 11 is 0. The highest BCUT2D eigenvalue weighted by molar-refractivity contribution is 6.08. The van der Waals surface area contributed by atoms with E-state index in [0.29, 0.717) is 24.5 Å². The van der Waals surface area contributed by atoms with Crippen LogP contribution in [0.3, 0.4) is 0 Å². The zero-order valence-corrected chi connectivity index (χ0v) is 18.3. The largest absolute Gasteiger partial charge is 0.405 e. The summed E-state index contributed by atoms with van der Waals surface area (Å²) in [6, 6.07) is 16.4. The van der Waals surface area contributed by atoms with Crippen molar-refractivity contribution >= 4 is 17.1 Å². The summed E-state index contributed by atoms with van der Waals surface area (Å²) in [7, 11) is 0. The molecule has 0 radical (unpaired) electrons. The Bertz CT molecular complexity index is 1240. The minimum atomic E-state index is -2.58. The highest BCUT2D eigenvalue weighted by Gasteiger charge is 2.34. The number of hydrogen-bond acceptors (Lipinski definition) is 5. The molecule has 2 heterocycles. The third kappa shape index (κ3) is 5.16. The average molecular weight is 450 g/mol. The van der Waals surface area contributed by atoms with Crippen LogP contribution in [0.1, 0.15) is 24.1 Å². The number of piperidine rings is 1. The number of aryl methyl sites for hydroxylation is 1. The minimum absolute atomic E-state index is 0.142. The summed E-state index contributed by atoms with van der Waals surface area (Å²) in [4.78, 5) is 19.1. The van der Waals surface area contributed by atoms with Gasteiger partial charge in [-0.15, -0.1) is 0 Å². The maximum atomic E-state index is 13.5. The van der Waals surface area contributed by atoms with Gasteiger partial charge in [0.15, 0.2) is 5.69 Å². The first-order valence-electron chi connectivity index (χ1n) is 10.7. The summed E-state index contributed by atoms with van der Waals surface area (Å²) in [5.74, 6) is -2.58. The van der Waals surface area contributed by atoms with Gasteiger partial charge in [0.2, 0.25) is 5.43 Å². The van der Waals surface area contributed by atoms with Crippen LogP contribution in [0.4, 0.5) is 20.2 Å². The van der Waals surface area contributed by atoms with E-state index in [2.05, 4.69) is 10.1 Å². The number of allylic oxidation sites excluding steroid dienone is 1. The molecule has 1 aliphatic heterocycles. The number of nitrogens with zero attached hydrogens (tertiary/aromatic N) is 4. The highest BCUT2D eigenvalue weighted by atomic mass is 19.3. The molecule has 0 spiro atoms. The molecule has 1 saturated heterocycles. The van der Waals surface area contributed by atoms with E-state index in [9.17, 15) is 13.6 Å². The minimum Gasteiger partial charge on any atom is -0.405 e. The van der Waals surface area contributed by atoms with Gasteiger partial charge < -0.3 is 10.6 Å². The van der Waals surface area contributed by atoms with Crippen LogP contribution in [-0.4, -0.2) is 34.5 Å². The van der Waals surface area contributed by atoms with E-state index in [1.807, 2.05) is 60.4 Å². The number of para-hydroxylation sites is 1. The van der Waals surface area contributed by atoms with E-state index in [-0.39, 0.29) is 24.0 Å². The third-order valence-corrected chi connectivity index (χ3v) is 5.60. The maximum absolute atomic E-state index is 13.5. The van der Waals surface area contributed by atoms with E-state index in [4.69, 9.17) is 5.73 Å². The number of hydrogen-bond donors (Lipinski definition) is 1. The predicted molar refractivity (Wildman–Crippen MR) is 127 cm³/mol. The lowest BCUT2D eigenvalue weighted by atomic mass is 10.1. The van der Waals surface area contributed by atoms with Crippen molar-refractivity contribution in [2.24, 2.45) is 10.7 Å². The van der Waals surface area contributed by atoms with E-state index >= 15 is 0 Å². The monoisotopic (exact) mass is 449 g/mol. The fraction of sp³-hybridized carbons (Fsp3) is 0.240. The van der Waals surface area contributed by atoms with Gasteiger partial charge in [-0.1, -0.05) is 18.2 Å². The molecule has 4 rings (SSSR count). The Hall–Kier alpha value is -3.81. The first-order valence-corrected chi connectivity index (χ1v) is 10.7. The van der Waals surface area contributed by atoms with Crippen LogP contribution in [0.5, 0.6) is 0 Å². The molecule has 0 saturated carbocycles. The van der Waals surface area contributed by atoms with Gasteiger partial charge in [0, 0.05) is 43.9 Å². The van der Waals surface area contributed by atoms with Crippen LogP contribution in [-0.2, 0) is 0 Å². The topological polar surface area (TPSA) is 76.5 Å². The van der Waals surface area contributed by atoms with Crippen LogP contribution < -0.4 is 16.1 Å². The number of nitrogens with two attached hydrogens (primary N) is 1. The lowest BCUT2D eigenvalue weighted by Crippen LogP contribution is -2.39. The molecule has 0 atom stereocenters. The van der Waals surface area contributed by atoms with Gasteiger partial charge in [-0.05, 0) is 55.1 Å². The second-order valence-electron chi connectivity index (χ2n) is 7.98. The Morgan fingerprint density at radius 1 is 1.12 bits per heavy atom. The number of rotatable bonds is 5. The number of benzene rings is 2. The van der Waals surface area contributed by atoms with E-state index in [1.165, 1.54) is 12.3 Å². The van der Waals surface area contributed by atoms with Crippen LogP contribution >= 0.6 is 0 Å². The van der Waals surface area contributed by atoms with Gasteiger partial charge in [-0.3, -0.25) is 4.79 Å². The summed E-state index contributed by atoms with van der Waals surface area (Å²) < 4.78 is 28.6. The van der Waals surface area contributed by atoms with Crippen LogP contribution in [0.15, 0.2) is 82.9 Å². The zero-order chi connectivity index (χ0) is 23.4.